The second kappa shape index (κ2) is 4.23. The summed E-state index contributed by atoms with van der Waals surface area (Å²) in [7, 11) is 0. The number of hydrogen-bond acceptors (Lipinski definition) is 2. The summed E-state index contributed by atoms with van der Waals surface area (Å²) < 4.78 is 0. The molecule has 0 saturated heterocycles. The first-order valence-electron chi connectivity index (χ1n) is 4.94. The zero-order valence-corrected chi connectivity index (χ0v) is 9.87. The standard InChI is InChI=1S/C11H19NS/c1-5-6-9-10(13-8-12-9)7-11(2,3)4/h8H,5-7H2,1-4H3. The maximum atomic E-state index is 4.41. The van der Waals surface area contributed by atoms with Crippen LogP contribution >= 0.6 is 11.3 Å². The van der Waals surface area contributed by atoms with Gasteiger partial charge in [-0.25, -0.2) is 4.98 Å². The summed E-state index contributed by atoms with van der Waals surface area (Å²) in [5.41, 5.74) is 3.68. The second-order valence-corrected chi connectivity index (χ2v) is 5.65. The first kappa shape index (κ1) is 10.7. The number of rotatable bonds is 3. The van der Waals surface area contributed by atoms with E-state index in [1.54, 1.807) is 11.3 Å². The van der Waals surface area contributed by atoms with E-state index in [-0.39, 0.29) is 0 Å². The third kappa shape index (κ3) is 3.47. The fourth-order valence-corrected chi connectivity index (χ4v) is 2.47. The summed E-state index contributed by atoms with van der Waals surface area (Å²) in [5.74, 6) is 0. The van der Waals surface area contributed by atoms with Gasteiger partial charge in [0.2, 0.25) is 0 Å². The van der Waals surface area contributed by atoms with Crippen LogP contribution in [0, 0.1) is 5.41 Å². The zero-order valence-electron chi connectivity index (χ0n) is 9.05. The lowest BCUT2D eigenvalue weighted by molar-refractivity contribution is 0.413. The van der Waals surface area contributed by atoms with E-state index in [4.69, 9.17) is 0 Å². The second-order valence-electron chi connectivity index (χ2n) is 4.71. The lowest BCUT2D eigenvalue weighted by atomic mass is 9.91. The third-order valence-corrected chi connectivity index (χ3v) is 2.78. The molecule has 1 aromatic rings. The highest BCUT2D eigenvalue weighted by Crippen LogP contribution is 2.25. The molecule has 13 heavy (non-hydrogen) atoms. The van der Waals surface area contributed by atoms with Crippen molar-refractivity contribution < 1.29 is 0 Å². The summed E-state index contributed by atoms with van der Waals surface area (Å²) in [4.78, 5) is 5.89. The molecular formula is C11H19NS. The minimum Gasteiger partial charge on any atom is -0.249 e. The van der Waals surface area contributed by atoms with Gasteiger partial charge in [0.1, 0.15) is 0 Å². The van der Waals surface area contributed by atoms with Gasteiger partial charge in [-0.15, -0.1) is 11.3 Å². The Balaban J connectivity index is 2.70. The summed E-state index contributed by atoms with van der Waals surface area (Å²) in [6.45, 7) is 9.05. The highest BCUT2D eigenvalue weighted by Gasteiger charge is 2.15. The van der Waals surface area contributed by atoms with Crippen LogP contribution in [0.2, 0.25) is 0 Å². The van der Waals surface area contributed by atoms with Crippen LogP contribution in [0.3, 0.4) is 0 Å². The van der Waals surface area contributed by atoms with Crippen LogP contribution in [-0.4, -0.2) is 4.98 Å². The summed E-state index contributed by atoms with van der Waals surface area (Å²) in [5, 5.41) is 0. The number of hydrogen-bond donors (Lipinski definition) is 0. The lowest BCUT2D eigenvalue weighted by Crippen LogP contribution is -2.09. The molecule has 0 atom stereocenters. The van der Waals surface area contributed by atoms with E-state index in [1.165, 1.54) is 17.0 Å². The molecule has 0 amide bonds. The highest BCUT2D eigenvalue weighted by molar-refractivity contribution is 7.09. The van der Waals surface area contributed by atoms with Crippen LogP contribution in [0.4, 0.5) is 0 Å². The molecule has 74 valence electrons. The molecule has 1 rings (SSSR count). The average Bonchev–Trinajstić information content (AvgIpc) is 2.34. The van der Waals surface area contributed by atoms with Crippen molar-refractivity contribution in [1.29, 1.82) is 0 Å². The van der Waals surface area contributed by atoms with Gasteiger partial charge in [0.25, 0.3) is 0 Å². The topological polar surface area (TPSA) is 12.9 Å². The molecule has 0 spiro atoms. The fourth-order valence-electron chi connectivity index (χ4n) is 1.36. The molecule has 0 aliphatic carbocycles. The predicted molar refractivity (Wildman–Crippen MR) is 59.3 cm³/mol. The van der Waals surface area contributed by atoms with Gasteiger partial charge in [-0.3, -0.25) is 0 Å². The van der Waals surface area contributed by atoms with Crippen molar-refractivity contribution in [3.63, 3.8) is 0 Å². The Morgan fingerprint density at radius 2 is 2.08 bits per heavy atom. The SMILES string of the molecule is CCCc1ncsc1CC(C)(C)C. The van der Waals surface area contributed by atoms with Crippen molar-refractivity contribution in [2.45, 2.75) is 47.0 Å². The number of aryl methyl sites for hydroxylation is 1. The molecule has 0 saturated carbocycles. The van der Waals surface area contributed by atoms with Gasteiger partial charge in [-0.2, -0.15) is 0 Å². The maximum absolute atomic E-state index is 4.41. The van der Waals surface area contributed by atoms with Crippen LogP contribution < -0.4 is 0 Å². The van der Waals surface area contributed by atoms with Gasteiger partial charge >= 0.3 is 0 Å². The van der Waals surface area contributed by atoms with Crippen molar-refractivity contribution in [3.8, 4) is 0 Å². The summed E-state index contributed by atoms with van der Waals surface area (Å²) in [6, 6.07) is 0. The normalized spacial score (nSPS) is 12.0. The molecule has 1 nitrogen and oxygen atoms in total. The van der Waals surface area contributed by atoms with E-state index >= 15 is 0 Å². The van der Waals surface area contributed by atoms with Crippen molar-refractivity contribution in [2.24, 2.45) is 5.41 Å². The van der Waals surface area contributed by atoms with E-state index < -0.39 is 0 Å². The molecule has 0 aliphatic heterocycles. The van der Waals surface area contributed by atoms with E-state index in [0.29, 0.717) is 5.41 Å². The molecule has 0 N–H and O–H groups in total. The number of nitrogens with zero attached hydrogens (tertiary/aromatic N) is 1. The molecular weight excluding hydrogens is 178 g/mol. The largest absolute Gasteiger partial charge is 0.249 e. The molecule has 0 fully saturated rings. The van der Waals surface area contributed by atoms with Gasteiger partial charge in [0.05, 0.1) is 11.2 Å². The molecule has 2 heteroatoms. The molecule has 1 aromatic heterocycles. The Labute approximate surface area is 85.2 Å². The van der Waals surface area contributed by atoms with Crippen molar-refractivity contribution >= 4 is 11.3 Å². The molecule has 1 heterocycles. The molecule has 0 radical (unpaired) electrons. The van der Waals surface area contributed by atoms with E-state index in [1.807, 2.05) is 5.51 Å². The van der Waals surface area contributed by atoms with Crippen LogP contribution in [0.5, 0.6) is 0 Å². The molecule has 0 unspecified atom stereocenters. The van der Waals surface area contributed by atoms with Gasteiger partial charge in [0.15, 0.2) is 0 Å². The van der Waals surface area contributed by atoms with Gasteiger partial charge in [0, 0.05) is 4.88 Å². The fraction of sp³-hybridized carbons (Fsp3) is 0.727. The lowest BCUT2D eigenvalue weighted by Gasteiger charge is -2.17. The van der Waals surface area contributed by atoms with Crippen LogP contribution in [-0.2, 0) is 12.8 Å². The summed E-state index contributed by atoms with van der Waals surface area (Å²) >= 11 is 1.81. The van der Waals surface area contributed by atoms with Crippen molar-refractivity contribution in [2.75, 3.05) is 0 Å². The molecule has 0 bridgehead atoms. The van der Waals surface area contributed by atoms with Crippen LogP contribution in [0.1, 0.15) is 44.7 Å². The third-order valence-electron chi connectivity index (χ3n) is 1.90. The Bertz CT molecular complexity index is 257. The van der Waals surface area contributed by atoms with Gasteiger partial charge < -0.3 is 0 Å². The Morgan fingerprint density at radius 1 is 1.38 bits per heavy atom. The average molecular weight is 197 g/mol. The molecule has 0 aliphatic rings. The zero-order chi connectivity index (χ0) is 9.90. The van der Waals surface area contributed by atoms with E-state index in [2.05, 4.69) is 32.7 Å². The Kier molecular flexibility index (Phi) is 3.48. The van der Waals surface area contributed by atoms with Gasteiger partial charge in [-0.1, -0.05) is 34.1 Å². The van der Waals surface area contributed by atoms with Crippen molar-refractivity contribution in [3.05, 3.63) is 16.1 Å². The number of aromatic nitrogens is 1. The minimum atomic E-state index is 0.384. The quantitative estimate of drug-likeness (QED) is 0.720. The summed E-state index contributed by atoms with van der Waals surface area (Å²) in [6.07, 6.45) is 3.49. The molecule has 0 aromatic carbocycles. The Morgan fingerprint density at radius 3 is 2.62 bits per heavy atom. The van der Waals surface area contributed by atoms with Crippen molar-refractivity contribution in [1.82, 2.24) is 4.98 Å². The number of thiazole rings is 1. The first-order valence-corrected chi connectivity index (χ1v) is 5.82. The van der Waals surface area contributed by atoms with E-state index in [0.717, 1.165) is 12.8 Å². The van der Waals surface area contributed by atoms with Crippen LogP contribution in [0.25, 0.3) is 0 Å². The predicted octanol–water partition coefficient (Wildman–Crippen LogP) is 3.68. The highest BCUT2D eigenvalue weighted by atomic mass is 32.1. The smallest absolute Gasteiger partial charge is 0.0797 e. The monoisotopic (exact) mass is 197 g/mol. The first-order chi connectivity index (χ1) is 6.03. The Hall–Kier alpha value is -0.370. The van der Waals surface area contributed by atoms with Gasteiger partial charge in [-0.05, 0) is 18.3 Å². The van der Waals surface area contributed by atoms with E-state index in [9.17, 15) is 0 Å². The van der Waals surface area contributed by atoms with Crippen LogP contribution in [0.15, 0.2) is 5.51 Å². The minimum absolute atomic E-state index is 0.384. The maximum Gasteiger partial charge on any atom is 0.0797 e.